The molecule has 1 aromatic rings. The molecule has 2 aliphatic heterocycles. The largest absolute Gasteiger partial charge is 0.477 e. The van der Waals surface area contributed by atoms with Gasteiger partial charge in [0.15, 0.2) is 10.8 Å². The number of esters is 1. The molecular weight excluding hydrogens is 462 g/mol. The van der Waals surface area contributed by atoms with E-state index in [1.54, 1.807) is 13.8 Å². The van der Waals surface area contributed by atoms with Crippen LogP contribution in [0.5, 0.6) is 0 Å². The number of rotatable bonds is 7. The highest BCUT2D eigenvalue weighted by atomic mass is 32.2. The van der Waals surface area contributed by atoms with Crippen molar-refractivity contribution in [2.45, 2.75) is 25.3 Å². The number of fused-ring (bicyclic) bond motifs is 1. The standard InChI is InChI=1S/C18H19N5O7S2/c1-7(2)3-10(24)30-4-8-5-31-16-12(15(26)23(16)13(8)17(27)28)21-14(25)11(22-29)9-6-32-18(19)20-9/h3,6,12,16,29H,4-5H2,1-2H3,(H2,19,20)(H,21,25)(H,27,28)/b22-11-/t12-,16-/m1/s1. The summed E-state index contributed by atoms with van der Waals surface area (Å²) in [7, 11) is 0. The summed E-state index contributed by atoms with van der Waals surface area (Å²) in [5.41, 5.74) is 5.85. The Hall–Kier alpha value is -3.39. The van der Waals surface area contributed by atoms with Crippen LogP contribution in [-0.2, 0) is 23.9 Å². The third kappa shape index (κ3) is 4.60. The number of aliphatic carboxylic acids is 1. The average molecular weight is 482 g/mol. The first-order valence-electron chi connectivity index (χ1n) is 9.10. The van der Waals surface area contributed by atoms with Crippen LogP contribution in [0.4, 0.5) is 5.13 Å². The highest BCUT2D eigenvalue weighted by Crippen LogP contribution is 2.40. The first-order valence-corrected chi connectivity index (χ1v) is 11.0. The number of nitrogens with zero attached hydrogens (tertiary/aromatic N) is 3. The molecule has 1 fully saturated rings. The van der Waals surface area contributed by atoms with Gasteiger partial charge in [-0.15, -0.1) is 23.1 Å². The number of ether oxygens (including phenoxy) is 1. The quantitative estimate of drug-likeness (QED) is 0.104. The molecule has 2 aliphatic rings. The van der Waals surface area contributed by atoms with Gasteiger partial charge in [-0.05, 0) is 13.8 Å². The van der Waals surface area contributed by atoms with Crippen LogP contribution in [0, 0.1) is 0 Å². The number of carboxylic acid groups (broad SMARTS) is 1. The highest BCUT2D eigenvalue weighted by molar-refractivity contribution is 8.00. The van der Waals surface area contributed by atoms with E-state index >= 15 is 0 Å². The second kappa shape index (κ2) is 9.40. The zero-order valence-electron chi connectivity index (χ0n) is 16.9. The molecular formula is C18H19N5O7S2. The number of thiazole rings is 1. The molecule has 0 aromatic carbocycles. The van der Waals surface area contributed by atoms with Gasteiger partial charge in [-0.3, -0.25) is 14.5 Å². The molecule has 3 heterocycles. The molecule has 170 valence electrons. The van der Waals surface area contributed by atoms with E-state index in [1.165, 1.54) is 23.2 Å². The Morgan fingerprint density at radius 2 is 2.16 bits per heavy atom. The lowest BCUT2D eigenvalue weighted by atomic mass is 10.0. The van der Waals surface area contributed by atoms with Crippen molar-refractivity contribution in [1.29, 1.82) is 0 Å². The molecule has 0 saturated carbocycles. The molecule has 1 saturated heterocycles. The molecule has 2 amide bonds. The van der Waals surface area contributed by atoms with E-state index in [0.717, 1.165) is 21.8 Å². The summed E-state index contributed by atoms with van der Waals surface area (Å²) in [6.07, 6.45) is 1.27. The number of carboxylic acids is 1. The zero-order valence-corrected chi connectivity index (χ0v) is 18.5. The van der Waals surface area contributed by atoms with Crippen LogP contribution in [0.15, 0.2) is 33.5 Å². The fraction of sp³-hybridized carbons (Fsp3) is 0.333. The molecule has 0 radical (unpaired) electrons. The highest BCUT2D eigenvalue weighted by Gasteiger charge is 2.54. The van der Waals surface area contributed by atoms with Gasteiger partial charge >= 0.3 is 11.9 Å². The molecule has 32 heavy (non-hydrogen) atoms. The lowest BCUT2D eigenvalue weighted by Gasteiger charge is -2.49. The van der Waals surface area contributed by atoms with Gasteiger partial charge in [-0.2, -0.15) is 0 Å². The van der Waals surface area contributed by atoms with E-state index in [0.29, 0.717) is 0 Å². The zero-order chi connectivity index (χ0) is 23.6. The minimum absolute atomic E-state index is 0.0408. The van der Waals surface area contributed by atoms with Crippen LogP contribution in [0.2, 0.25) is 0 Å². The van der Waals surface area contributed by atoms with Gasteiger partial charge in [0, 0.05) is 22.8 Å². The molecule has 0 unspecified atom stereocenters. The lowest BCUT2D eigenvalue weighted by Crippen LogP contribution is -2.71. The van der Waals surface area contributed by atoms with Crippen LogP contribution >= 0.6 is 23.1 Å². The molecule has 12 nitrogen and oxygen atoms in total. The predicted molar refractivity (Wildman–Crippen MR) is 115 cm³/mol. The van der Waals surface area contributed by atoms with Crippen LogP contribution in [0.3, 0.4) is 0 Å². The maximum atomic E-state index is 12.7. The molecule has 14 heteroatoms. The maximum Gasteiger partial charge on any atom is 0.352 e. The van der Waals surface area contributed by atoms with E-state index in [4.69, 9.17) is 10.5 Å². The van der Waals surface area contributed by atoms with Crippen molar-refractivity contribution in [2.75, 3.05) is 18.1 Å². The molecule has 3 rings (SSSR count). The third-order valence-corrected chi connectivity index (χ3v) is 6.42. The normalized spacial score (nSPS) is 20.2. The van der Waals surface area contributed by atoms with Crippen molar-refractivity contribution in [2.24, 2.45) is 5.16 Å². The number of hydrogen-bond donors (Lipinski definition) is 4. The van der Waals surface area contributed by atoms with Crippen molar-refractivity contribution < 1.29 is 34.2 Å². The van der Waals surface area contributed by atoms with Gasteiger partial charge in [0.2, 0.25) is 0 Å². The predicted octanol–water partition coefficient (Wildman–Crippen LogP) is 0.152. The Bertz CT molecular complexity index is 1070. The van der Waals surface area contributed by atoms with E-state index in [2.05, 4.69) is 15.5 Å². The maximum absolute atomic E-state index is 12.7. The Kier molecular flexibility index (Phi) is 6.84. The number of thioether (sulfide) groups is 1. The summed E-state index contributed by atoms with van der Waals surface area (Å²) in [6, 6.07) is -1.04. The van der Waals surface area contributed by atoms with E-state index in [-0.39, 0.29) is 34.5 Å². The number of carbonyl (C=O) groups is 4. The van der Waals surface area contributed by atoms with E-state index in [9.17, 15) is 29.5 Å². The smallest absolute Gasteiger partial charge is 0.352 e. The van der Waals surface area contributed by atoms with Crippen molar-refractivity contribution in [3.05, 3.63) is 34.0 Å². The number of aromatic nitrogens is 1. The fourth-order valence-electron chi connectivity index (χ4n) is 3.05. The summed E-state index contributed by atoms with van der Waals surface area (Å²) >= 11 is 2.25. The van der Waals surface area contributed by atoms with Crippen molar-refractivity contribution >= 4 is 57.7 Å². The molecule has 0 bridgehead atoms. The second-order valence-electron chi connectivity index (χ2n) is 6.97. The number of nitrogen functional groups attached to an aromatic ring is 1. The first-order chi connectivity index (χ1) is 15.1. The van der Waals surface area contributed by atoms with Crippen molar-refractivity contribution in [3.8, 4) is 0 Å². The number of hydrogen-bond acceptors (Lipinski definition) is 11. The van der Waals surface area contributed by atoms with Gasteiger partial charge in [-0.25, -0.2) is 14.6 Å². The van der Waals surface area contributed by atoms with Crippen LogP contribution in [0.25, 0.3) is 0 Å². The van der Waals surface area contributed by atoms with Crippen molar-refractivity contribution in [3.63, 3.8) is 0 Å². The number of oxime groups is 1. The van der Waals surface area contributed by atoms with E-state index in [1.807, 2.05) is 0 Å². The van der Waals surface area contributed by atoms with Gasteiger partial charge in [-0.1, -0.05) is 10.7 Å². The summed E-state index contributed by atoms with van der Waals surface area (Å²) in [4.78, 5) is 53.6. The van der Waals surface area contributed by atoms with Crippen molar-refractivity contribution in [1.82, 2.24) is 15.2 Å². The molecule has 1 aromatic heterocycles. The number of carbonyl (C=O) groups excluding carboxylic acids is 3. The van der Waals surface area contributed by atoms with Gasteiger partial charge < -0.3 is 26.1 Å². The number of amides is 2. The SMILES string of the molecule is CC(C)=CC(=O)OCC1=C(C(=O)O)N2C(=O)[C@@H](NC(=O)/C(=N\O)c3csc(N)n3)[C@H]2SC1. The number of nitrogens with two attached hydrogens (primary N) is 1. The number of β-lactam (4-membered cyclic amide) rings is 1. The Balaban J connectivity index is 1.73. The summed E-state index contributed by atoms with van der Waals surface area (Å²) < 4.78 is 5.09. The summed E-state index contributed by atoms with van der Waals surface area (Å²) in [6.45, 7) is 3.15. The van der Waals surface area contributed by atoms with Gasteiger partial charge in [0.1, 0.15) is 29.4 Å². The summed E-state index contributed by atoms with van der Waals surface area (Å²) in [5, 5.41) is 25.1. The monoisotopic (exact) mass is 481 g/mol. The minimum atomic E-state index is -1.35. The Labute approximate surface area is 189 Å². The average Bonchev–Trinajstić information content (AvgIpc) is 3.15. The van der Waals surface area contributed by atoms with E-state index < -0.39 is 40.9 Å². The molecule has 5 N–H and O–H groups in total. The van der Waals surface area contributed by atoms with Crippen LogP contribution < -0.4 is 11.1 Å². The summed E-state index contributed by atoms with van der Waals surface area (Å²) in [5.74, 6) is -3.31. The van der Waals surface area contributed by atoms with Crippen LogP contribution in [-0.4, -0.2) is 73.4 Å². The molecule has 2 atom stereocenters. The fourth-order valence-corrected chi connectivity index (χ4v) is 4.92. The molecule has 0 spiro atoms. The first kappa shape index (κ1) is 23.3. The molecule has 0 aliphatic carbocycles. The number of allylic oxidation sites excluding steroid dienone is 1. The van der Waals surface area contributed by atoms with Crippen LogP contribution in [0.1, 0.15) is 19.5 Å². The topological polar surface area (TPSA) is 185 Å². The van der Waals surface area contributed by atoms with Gasteiger partial charge in [0.25, 0.3) is 11.8 Å². The number of anilines is 1. The number of nitrogens with one attached hydrogen (secondary N) is 1. The second-order valence-corrected chi connectivity index (χ2v) is 8.96. The Morgan fingerprint density at radius 1 is 1.44 bits per heavy atom. The third-order valence-electron chi connectivity index (χ3n) is 4.41. The lowest BCUT2D eigenvalue weighted by molar-refractivity contribution is -0.150. The van der Waals surface area contributed by atoms with Gasteiger partial charge in [0.05, 0.1) is 0 Å². The minimum Gasteiger partial charge on any atom is -0.477 e. The Morgan fingerprint density at radius 3 is 2.72 bits per heavy atom.